The van der Waals surface area contributed by atoms with Gasteiger partial charge >= 0.3 is 5.97 Å². The van der Waals surface area contributed by atoms with Crippen LogP contribution in [0.2, 0.25) is 0 Å². The summed E-state index contributed by atoms with van der Waals surface area (Å²) in [6.07, 6.45) is 5.31. The maximum atomic E-state index is 12.8. The van der Waals surface area contributed by atoms with E-state index in [0.29, 0.717) is 5.56 Å². The van der Waals surface area contributed by atoms with E-state index in [2.05, 4.69) is 27.3 Å². The van der Waals surface area contributed by atoms with Crippen LogP contribution < -0.4 is 0 Å². The lowest BCUT2D eigenvalue weighted by molar-refractivity contribution is -0.133. The first-order valence-corrected chi connectivity index (χ1v) is 16.7. The highest BCUT2D eigenvalue weighted by atomic mass is 79.9. The number of benzene rings is 2. The molecule has 6 rings (SSSR count). The molecule has 4 heterocycles. The Morgan fingerprint density at radius 2 is 1.50 bits per heavy atom. The lowest BCUT2D eigenvalue weighted by Crippen LogP contribution is -2.34. The van der Waals surface area contributed by atoms with Crippen LogP contribution in [0.3, 0.4) is 0 Å². The van der Waals surface area contributed by atoms with Crippen molar-refractivity contribution in [3.05, 3.63) is 77.5 Å². The van der Waals surface area contributed by atoms with Crippen molar-refractivity contribution in [2.24, 2.45) is 0 Å². The van der Waals surface area contributed by atoms with Gasteiger partial charge in [0.15, 0.2) is 12.3 Å². The van der Waals surface area contributed by atoms with Crippen molar-refractivity contribution >= 4 is 61.3 Å². The maximum Gasteiger partial charge on any atom is 0.340 e. The third-order valence-corrected chi connectivity index (χ3v) is 8.95. The molecule has 4 aromatic rings. The van der Waals surface area contributed by atoms with Gasteiger partial charge in [0.05, 0.1) is 30.5 Å². The van der Waals surface area contributed by atoms with Crippen LogP contribution in [0, 0.1) is 20.3 Å². The first-order valence-electron chi connectivity index (χ1n) is 15.8. The van der Waals surface area contributed by atoms with Gasteiger partial charge in [0.25, 0.3) is 0 Å². The summed E-state index contributed by atoms with van der Waals surface area (Å²) in [7, 11) is 1.38. The molecule has 2 aliphatic rings. The highest BCUT2D eigenvalue weighted by Gasteiger charge is 2.29. The van der Waals surface area contributed by atoms with Gasteiger partial charge in [0.1, 0.15) is 12.5 Å². The predicted molar refractivity (Wildman–Crippen MR) is 185 cm³/mol. The smallest absolute Gasteiger partial charge is 0.340 e. The molecular formula is C36H44BrN4O5+. The Morgan fingerprint density at radius 1 is 0.870 bits per heavy atom. The molecule has 9 nitrogen and oxygen atoms in total. The highest BCUT2D eigenvalue weighted by molar-refractivity contribution is 9.10. The second kappa shape index (κ2) is 15.5. The quantitative estimate of drug-likeness (QED) is 0.107. The number of ketones is 1. The fourth-order valence-corrected chi connectivity index (χ4v) is 6.62. The minimum Gasteiger partial charge on any atom is -0.465 e. The average molecular weight is 693 g/mol. The number of nitrogens with one attached hydrogen (secondary N) is 1. The molecule has 46 heavy (non-hydrogen) atoms. The van der Waals surface area contributed by atoms with Gasteiger partial charge in [-0.15, -0.1) is 0 Å². The monoisotopic (exact) mass is 691 g/mol. The number of para-hydroxylation sites is 2. The molecule has 2 atom stereocenters. The van der Waals surface area contributed by atoms with E-state index in [0.717, 1.165) is 84.2 Å². The molecule has 10 heteroatoms. The topological polar surface area (TPSA) is 105 Å². The van der Waals surface area contributed by atoms with Gasteiger partial charge in [-0.05, 0) is 59.6 Å². The first-order chi connectivity index (χ1) is 22.0. The SMILES string of the molecule is CC(=O)c1c(C)[nH]c2ccccc12.CC(Br)C(=O)N1C[CH+]CC1.COC(=O)c1c(C)n(C(C)C(=O)N2CCCC2)c2ccccc12. The molecule has 2 aromatic carbocycles. The Hall–Kier alpha value is -4.05. The van der Waals surface area contributed by atoms with Gasteiger partial charge in [-0.1, -0.05) is 52.3 Å². The number of likely N-dealkylation sites (tertiary alicyclic amines) is 2. The summed E-state index contributed by atoms with van der Waals surface area (Å²) >= 11 is 3.24. The first kappa shape index (κ1) is 34.8. The van der Waals surface area contributed by atoms with Crippen molar-refractivity contribution in [1.82, 2.24) is 19.4 Å². The van der Waals surface area contributed by atoms with Crippen LogP contribution >= 0.6 is 15.9 Å². The number of fused-ring (bicyclic) bond motifs is 2. The van der Waals surface area contributed by atoms with Crippen LogP contribution in [0.25, 0.3) is 21.8 Å². The number of hydrogen-bond acceptors (Lipinski definition) is 5. The van der Waals surface area contributed by atoms with Crippen LogP contribution in [0.4, 0.5) is 0 Å². The zero-order valence-corrected chi connectivity index (χ0v) is 29.1. The van der Waals surface area contributed by atoms with Crippen molar-refractivity contribution in [2.75, 3.05) is 33.3 Å². The minimum atomic E-state index is -0.363. The maximum absolute atomic E-state index is 12.8. The Balaban J connectivity index is 0.000000175. The lowest BCUT2D eigenvalue weighted by atomic mass is 10.1. The van der Waals surface area contributed by atoms with Crippen molar-refractivity contribution < 1.29 is 23.9 Å². The van der Waals surface area contributed by atoms with Gasteiger partial charge in [-0.25, -0.2) is 4.79 Å². The zero-order valence-electron chi connectivity index (χ0n) is 27.6. The molecule has 2 saturated heterocycles. The van der Waals surface area contributed by atoms with Crippen LogP contribution in [-0.4, -0.2) is 81.0 Å². The normalized spacial score (nSPS) is 15.4. The van der Waals surface area contributed by atoms with E-state index in [1.807, 2.05) is 90.6 Å². The van der Waals surface area contributed by atoms with Gasteiger partial charge < -0.3 is 19.2 Å². The second-order valence-corrected chi connectivity index (χ2v) is 13.1. The molecule has 0 spiro atoms. The molecule has 0 radical (unpaired) electrons. The number of nitrogens with zero attached hydrogens (tertiary/aromatic N) is 3. The van der Waals surface area contributed by atoms with E-state index >= 15 is 0 Å². The largest absolute Gasteiger partial charge is 0.465 e. The fraction of sp³-hybridized carbons (Fsp3) is 0.417. The summed E-state index contributed by atoms with van der Waals surface area (Å²) in [5.74, 6) is 0.0738. The molecule has 2 unspecified atom stereocenters. The number of ether oxygens (including phenoxy) is 1. The number of Topliss-reactive ketones (excluding diaryl/α,β-unsaturated/α-hetero) is 1. The van der Waals surface area contributed by atoms with Crippen LogP contribution in [0.15, 0.2) is 48.5 Å². The Kier molecular flexibility index (Phi) is 11.7. The number of aryl methyl sites for hydroxylation is 1. The van der Waals surface area contributed by atoms with Crippen LogP contribution in [0.5, 0.6) is 0 Å². The van der Waals surface area contributed by atoms with Crippen molar-refractivity contribution in [1.29, 1.82) is 0 Å². The summed E-state index contributed by atoms with van der Waals surface area (Å²) in [6.45, 7) is 12.5. The number of H-pyrrole nitrogens is 1. The number of hydrogen-bond donors (Lipinski definition) is 1. The van der Waals surface area contributed by atoms with E-state index in [1.165, 1.54) is 7.11 Å². The van der Waals surface area contributed by atoms with Gasteiger partial charge in [-0.2, -0.15) is 0 Å². The van der Waals surface area contributed by atoms with E-state index in [-0.39, 0.29) is 34.4 Å². The number of alkyl halides is 1. The molecule has 0 saturated carbocycles. The molecular weight excluding hydrogens is 648 g/mol. The van der Waals surface area contributed by atoms with Crippen molar-refractivity contribution in [3.63, 3.8) is 0 Å². The average Bonchev–Trinajstić information content (AvgIpc) is 3.85. The summed E-state index contributed by atoms with van der Waals surface area (Å²) < 4.78 is 6.89. The van der Waals surface area contributed by atoms with Gasteiger partial charge in [-0.3, -0.25) is 19.3 Å². The minimum absolute atomic E-state index is 0.0287. The number of halogens is 1. The number of carbonyl (C=O) groups is 4. The number of rotatable bonds is 5. The molecule has 2 amide bonds. The summed E-state index contributed by atoms with van der Waals surface area (Å²) in [4.78, 5) is 54.4. The molecule has 2 aromatic heterocycles. The number of esters is 1. The molecule has 2 fully saturated rings. The zero-order chi connectivity index (χ0) is 33.5. The molecule has 0 aliphatic carbocycles. The lowest BCUT2D eigenvalue weighted by Gasteiger charge is -2.23. The third kappa shape index (κ3) is 7.49. The summed E-state index contributed by atoms with van der Waals surface area (Å²) in [5, 5.41) is 1.85. The summed E-state index contributed by atoms with van der Waals surface area (Å²) in [5.41, 5.74) is 5.02. The van der Waals surface area contributed by atoms with Crippen molar-refractivity contribution in [2.45, 2.75) is 64.8 Å². The number of aromatic amines is 1. The highest BCUT2D eigenvalue weighted by Crippen LogP contribution is 2.31. The number of methoxy groups -OCH3 is 1. The Labute approximate surface area is 279 Å². The Bertz CT molecular complexity index is 1710. The van der Waals surface area contributed by atoms with E-state index < -0.39 is 0 Å². The molecule has 0 bridgehead atoms. The van der Waals surface area contributed by atoms with Gasteiger partial charge in [0, 0.05) is 51.8 Å². The fourth-order valence-electron chi connectivity index (χ4n) is 6.33. The standard InChI is InChI=1S/C18H22N2O3.C11H11NO.C7H11BrNO/c1-12-16(18(22)23-3)14-8-4-5-9-15(14)20(12)13(2)17(21)19-10-6-7-11-19;1-7-11(8(2)13)9-5-3-4-6-10(9)12-7;1-6(8)7(10)9-4-2-3-5-9/h4-5,8-9,13H,6-7,10-11H2,1-3H3;3-6,12H,1-2H3;2,6H,3-5H2,1H3/q;;+1. The number of aromatic nitrogens is 2. The Morgan fingerprint density at radius 3 is 2.09 bits per heavy atom. The summed E-state index contributed by atoms with van der Waals surface area (Å²) in [6, 6.07) is 15.2. The van der Waals surface area contributed by atoms with Crippen LogP contribution in [-0.2, 0) is 14.3 Å². The van der Waals surface area contributed by atoms with E-state index in [1.54, 1.807) is 6.92 Å². The third-order valence-electron chi connectivity index (χ3n) is 8.56. The van der Waals surface area contributed by atoms with Crippen LogP contribution in [0.1, 0.15) is 78.2 Å². The van der Waals surface area contributed by atoms with Crippen molar-refractivity contribution in [3.8, 4) is 0 Å². The van der Waals surface area contributed by atoms with E-state index in [4.69, 9.17) is 4.74 Å². The van der Waals surface area contributed by atoms with E-state index in [9.17, 15) is 19.2 Å². The second-order valence-electron chi connectivity index (χ2n) is 11.8. The molecule has 1 N–H and O–H groups in total. The van der Waals surface area contributed by atoms with Gasteiger partial charge in [0.2, 0.25) is 11.8 Å². The number of carbonyl (C=O) groups excluding carboxylic acids is 4. The number of amides is 2. The molecule has 244 valence electrons. The predicted octanol–water partition coefficient (Wildman–Crippen LogP) is 6.81. The molecule has 2 aliphatic heterocycles.